The Hall–Kier alpha value is -6.74. The number of nitrogens with one attached hydrogen (secondary N) is 4. The molecule has 4 aromatic rings. The third-order valence-corrected chi connectivity index (χ3v) is 10.8. The average Bonchev–Trinajstić information content (AvgIpc) is 3.25. The van der Waals surface area contributed by atoms with Crippen LogP contribution in [0.4, 0.5) is 0 Å². The monoisotopic (exact) mass is 848 g/mol. The highest BCUT2D eigenvalue weighted by atomic mass is 16.4. The molecule has 3 atom stereocenters. The summed E-state index contributed by atoms with van der Waals surface area (Å²) in [6, 6.07) is 20.8. The molecule has 62 heavy (non-hydrogen) atoms. The number of phenols is 2. The SMILES string of the molecule is CCCCc1ccc(-c2ccc(CC(=O)NCCC(=O)NC(CCCCN)C(=O)N(C)C3C(=O)NCC(=O)NC(C(=O)O)Cc4ccc(O)c(c4)-c4cc3ccc4O)cc2)cc1. The summed E-state index contributed by atoms with van der Waals surface area (Å²) >= 11 is 0. The molecule has 4 aromatic carbocycles. The number of carbonyl (C=O) groups excluding carboxylic acids is 5. The van der Waals surface area contributed by atoms with Crippen LogP contribution in [0, 0.1) is 0 Å². The van der Waals surface area contributed by atoms with Crippen molar-refractivity contribution in [3.8, 4) is 33.8 Å². The maximum atomic E-state index is 14.3. The number of amides is 5. The highest BCUT2D eigenvalue weighted by Gasteiger charge is 2.34. The number of likely N-dealkylation sites (N-methyl/N-ethyl adjacent to an activating group) is 1. The summed E-state index contributed by atoms with van der Waals surface area (Å²) in [6.45, 7) is 1.90. The molecular weight excluding hydrogens is 793 g/mol. The Morgan fingerprint density at radius 1 is 0.839 bits per heavy atom. The number of unbranched alkanes of at least 4 members (excludes halogenated alkanes) is 2. The number of nitrogens with zero attached hydrogens (tertiary/aromatic N) is 1. The zero-order chi connectivity index (χ0) is 44.8. The van der Waals surface area contributed by atoms with Gasteiger partial charge in [0.05, 0.1) is 13.0 Å². The van der Waals surface area contributed by atoms with E-state index in [1.165, 1.54) is 49.0 Å². The van der Waals surface area contributed by atoms with Gasteiger partial charge >= 0.3 is 5.97 Å². The van der Waals surface area contributed by atoms with E-state index < -0.39 is 54.3 Å². The molecule has 3 unspecified atom stereocenters. The van der Waals surface area contributed by atoms with Gasteiger partial charge < -0.3 is 47.2 Å². The van der Waals surface area contributed by atoms with E-state index in [1.807, 2.05) is 24.3 Å². The van der Waals surface area contributed by atoms with Gasteiger partial charge in [0.25, 0.3) is 0 Å². The van der Waals surface area contributed by atoms with Crippen molar-refractivity contribution in [2.45, 2.75) is 82.8 Å². The van der Waals surface area contributed by atoms with Crippen LogP contribution in [0.1, 0.15) is 73.7 Å². The minimum absolute atomic E-state index is 0.00679. The third kappa shape index (κ3) is 12.6. The maximum absolute atomic E-state index is 14.3. The highest BCUT2D eigenvalue weighted by Crippen LogP contribution is 2.39. The third-order valence-electron chi connectivity index (χ3n) is 10.8. The molecule has 328 valence electrons. The van der Waals surface area contributed by atoms with Crippen molar-refractivity contribution in [1.82, 2.24) is 26.2 Å². The van der Waals surface area contributed by atoms with Gasteiger partial charge in [-0.2, -0.15) is 0 Å². The van der Waals surface area contributed by atoms with Gasteiger partial charge in [-0.3, -0.25) is 24.0 Å². The minimum atomic E-state index is -1.42. The van der Waals surface area contributed by atoms with Crippen LogP contribution in [-0.4, -0.2) is 94.5 Å². The van der Waals surface area contributed by atoms with E-state index in [0.717, 1.165) is 40.9 Å². The van der Waals surface area contributed by atoms with Crippen molar-refractivity contribution >= 4 is 35.5 Å². The first kappa shape index (κ1) is 46.3. The van der Waals surface area contributed by atoms with Gasteiger partial charge in [-0.25, -0.2) is 4.79 Å². The number of carboxylic acids is 1. The van der Waals surface area contributed by atoms with Crippen LogP contribution < -0.4 is 27.0 Å². The molecule has 0 saturated heterocycles. The first-order valence-corrected chi connectivity index (χ1v) is 20.9. The van der Waals surface area contributed by atoms with Crippen LogP contribution >= 0.6 is 0 Å². The Labute approximate surface area is 361 Å². The number of benzene rings is 4. The second kappa shape index (κ2) is 22.2. The zero-order valence-electron chi connectivity index (χ0n) is 35.1. The Kier molecular flexibility index (Phi) is 16.6. The fourth-order valence-corrected chi connectivity index (χ4v) is 7.37. The second-order valence-corrected chi connectivity index (χ2v) is 15.5. The van der Waals surface area contributed by atoms with Crippen LogP contribution in [0.2, 0.25) is 0 Å². The normalized spacial score (nSPS) is 15.6. The Morgan fingerprint density at radius 2 is 1.48 bits per heavy atom. The van der Waals surface area contributed by atoms with Crippen molar-refractivity contribution < 1.29 is 44.1 Å². The van der Waals surface area contributed by atoms with Gasteiger partial charge in [-0.15, -0.1) is 0 Å². The van der Waals surface area contributed by atoms with E-state index in [0.29, 0.717) is 24.9 Å². The number of rotatable bonds is 17. The molecule has 1 heterocycles. The quantitative estimate of drug-likeness (QED) is 0.0714. The molecule has 15 heteroatoms. The van der Waals surface area contributed by atoms with Crippen molar-refractivity contribution in [2.24, 2.45) is 5.73 Å². The molecule has 5 amide bonds. The highest BCUT2D eigenvalue weighted by molar-refractivity contribution is 5.95. The zero-order valence-corrected chi connectivity index (χ0v) is 35.1. The molecule has 1 aliphatic heterocycles. The summed E-state index contributed by atoms with van der Waals surface area (Å²) in [4.78, 5) is 80.4. The molecular formula is C47H56N6O9. The fourth-order valence-electron chi connectivity index (χ4n) is 7.37. The molecule has 0 fully saturated rings. The summed E-state index contributed by atoms with van der Waals surface area (Å²) < 4.78 is 0. The molecule has 15 nitrogen and oxygen atoms in total. The number of aryl methyl sites for hydroxylation is 1. The van der Waals surface area contributed by atoms with E-state index >= 15 is 0 Å². The molecule has 0 aromatic heterocycles. The van der Waals surface area contributed by atoms with Crippen molar-refractivity contribution in [2.75, 3.05) is 26.7 Å². The van der Waals surface area contributed by atoms with Gasteiger partial charge in [0.1, 0.15) is 29.6 Å². The Bertz CT molecular complexity index is 2230. The molecule has 0 spiro atoms. The first-order valence-electron chi connectivity index (χ1n) is 20.9. The number of nitrogens with two attached hydrogens (primary N) is 1. The van der Waals surface area contributed by atoms with Crippen molar-refractivity contribution in [1.29, 1.82) is 0 Å². The molecule has 0 radical (unpaired) electrons. The molecule has 0 saturated carbocycles. The lowest BCUT2D eigenvalue weighted by molar-refractivity contribution is -0.143. The van der Waals surface area contributed by atoms with Crippen LogP contribution in [0.3, 0.4) is 0 Å². The number of hydrogen-bond donors (Lipinski definition) is 8. The van der Waals surface area contributed by atoms with E-state index in [2.05, 4.69) is 52.5 Å². The lowest BCUT2D eigenvalue weighted by Crippen LogP contribution is -2.52. The Balaban J connectivity index is 1.27. The molecule has 1 aliphatic rings. The summed E-state index contributed by atoms with van der Waals surface area (Å²) in [7, 11) is 1.36. The second-order valence-electron chi connectivity index (χ2n) is 15.5. The number of fused-ring (bicyclic) bond motifs is 5. The standard InChI is InChI=1S/C47H56N6O9/c1-3-4-7-29-9-14-32(15-10-29)33-16-11-30(12-17-33)26-42(57)49-23-21-41(56)51-37(8-5-6-22-48)46(60)53(2)44-34-18-20-40(55)36(27-34)35-24-31(13-19-39(35)54)25-38(47(61)62)52-43(58)28-50-45(44)59/h9-20,24,27,37-38,44,54-55H,3-8,21-23,25-26,28,48H2,1-2H3,(H,49,57)(H,50,59)(H,51,56)(H,52,58)(H,61,62). The van der Waals surface area contributed by atoms with Gasteiger partial charge in [-0.1, -0.05) is 74.0 Å². The molecule has 0 aliphatic carbocycles. The van der Waals surface area contributed by atoms with Gasteiger partial charge in [0.2, 0.25) is 29.5 Å². The van der Waals surface area contributed by atoms with E-state index in [4.69, 9.17) is 5.73 Å². The van der Waals surface area contributed by atoms with Gasteiger partial charge in [0.15, 0.2) is 0 Å². The summed E-state index contributed by atoms with van der Waals surface area (Å²) in [5, 5.41) is 42.0. The summed E-state index contributed by atoms with van der Waals surface area (Å²) in [5.41, 5.74) is 10.8. The first-order chi connectivity index (χ1) is 29.8. The number of aromatic hydroxyl groups is 2. The number of phenolic OH excluding ortho intramolecular Hbond substituents is 2. The summed E-state index contributed by atoms with van der Waals surface area (Å²) in [6.07, 6.45) is 4.34. The van der Waals surface area contributed by atoms with E-state index in [9.17, 15) is 44.1 Å². The molecule has 9 N–H and O–H groups in total. The predicted molar refractivity (Wildman–Crippen MR) is 234 cm³/mol. The van der Waals surface area contributed by atoms with Gasteiger partial charge in [-0.05, 0) is 96.3 Å². The number of aliphatic carboxylic acids is 1. The minimum Gasteiger partial charge on any atom is -0.507 e. The van der Waals surface area contributed by atoms with Crippen LogP contribution in [-0.2, 0) is 48.0 Å². The number of carboxylic acid groups (broad SMARTS) is 1. The van der Waals surface area contributed by atoms with E-state index in [-0.39, 0.29) is 66.3 Å². The Morgan fingerprint density at radius 3 is 2.13 bits per heavy atom. The lowest BCUT2D eigenvalue weighted by Gasteiger charge is -2.32. The molecule has 5 rings (SSSR count). The van der Waals surface area contributed by atoms with Crippen molar-refractivity contribution in [3.05, 3.63) is 107 Å². The average molecular weight is 849 g/mol. The lowest BCUT2D eigenvalue weighted by atomic mass is 9.94. The largest absolute Gasteiger partial charge is 0.507 e. The van der Waals surface area contributed by atoms with Crippen LogP contribution in [0.15, 0.2) is 84.9 Å². The number of carbonyl (C=O) groups is 6. The van der Waals surface area contributed by atoms with Crippen LogP contribution in [0.5, 0.6) is 11.5 Å². The number of hydrogen-bond acceptors (Lipinski definition) is 9. The van der Waals surface area contributed by atoms with Crippen LogP contribution in [0.25, 0.3) is 22.3 Å². The predicted octanol–water partition coefficient (Wildman–Crippen LogP) is 3.88. The fraction of sp³-hybridized carbons (Fsp3) is 0.362. The maximum Gasteiger partial charge on any atom is 0.326 e. The molecule has 4 bridgehead atoms. The summed E-state index contributed by atoms with van der Waals surface area (Å²) in [5.74, 6) is -4.88. The van der Waals surface area contributed by atoms with Crippen molar-refractivity contribution in [3.63, 3.8) is 0 Å². The topological polar surface area (TPSA) is 240 Å². The van der Waals surface area contributed by atoms with Gasteiger partial charge in [0, 0.05) is 37.6 Å². The smallest absolute Gasteiger partial charge is 0.326 e. The van der Waals surface area contributed by atoms with E-state index in [1.54, 1.807) is 0 Å².